The molecule has 2 rings (SSSR count). The summed E-state index contributed by atoms with van der Waals surface area (Å²) in [6, 6.07) is 1.68. The van der Waals surface area contributed by atoms with Crippen molar-refractivity contribution in [1.82, 2.24) is 10.2 Å². The van der Waals surface area contributed by atoms with E-state index in [2.05, 4.69) is 10.2 Å². The Kier molecular flexibility index (Phi) is 3.47. The number of nitrogen functional groups attached to an aromatic ring is 1. The van der Waals surface area contributed by atoms with Gasteiger partial charge >= 0.3 is 0 Å². The fourth-order valence-corrected chi connectivity index (χ4v) is 2.09. The summed E-state index contributed by atoms with van der Waals surface area (Å²) >= 11 is 0. The average Bonchev–Trinajstić information content (AvgIpc) is 2.69. The van der Waals surface area contributed by atoms with Crippen LogP contribution in [0.3, 0.4) is 0 Å². The number of nitrogens with two attached hydrogens (primary N) is 1. The lowest BCUT2D eigenvalue weighted by Crippen LogP contribution is -2.37. The molecule has 1 aromatic carbocycles. The van der Waals surface area contributed by atoms with Gasteiger partial charge in [-0.05, 0) is 32.1 Å². The highest BCUT2D eigenvalue weighted by molar-refractivity contribution is 5.95. The largest absolute Gasteiger partial charge is 0.396 e. The number of likely N-dealkylation sites (tertiary alicyclic amines) is 1. The predicted molar refractivity (Wildman–Crippen MR) is 64.1 cm³/mol. The smallest absolute Gasteiger partial charge is 0.254 e. The summed E-state index contributed by atoms with van der Waals surface area (Å²) in [5.74, 6) is -2.22. The number of nitrogens with zero attached hydrogens (tertiary/aromatic N) is 1. The van der Waals surface area contributed by atoms with E-state index in [0.29, 0.717) is 6.54 Å². The molecule has 1 unspecified atom stereocenters. The molecule has 6 heteroatoms. The molecule has 4 nitrogen and oxygen atoms in total. The minimum absolute atomic E-state index is 0.0357. The zero-order valence-corrected chi connectivity index (χ0v) is 10.0. The topological polar surface area (TPSA) is 58.4 Å². The van der Waals surface area contributed by atoms with Crippen LogP contribution in [0.2, 0.25) is 0 Å². The molecule has 18 heavy (non-hydrogen) atoms. The number of carbonyl (C=O) groups excluding carboxylic acids is 1. The standard InChI is InChI=1S/C12H15F2N3O/c1-17-3-2-8(6-17)16-12(18)9-4-7(13)5-10(15)11(9)14/h4-5,8H,2-3,6,15H2,1H3,(H,16,18). The molecule has 1 aliphatic rings. The summed E-state index contributed by atoms with van der Waals surface area (Å²) in [5.41, 5.74) is 4.58. The molecule has 1 heterocycles. The SMILES string of the molecule is CN1CCC(NC(=O)c2cc(F)cc(N)c2F)C1. The van der Waals surface area contributed by atoms with Crippen LogP contribution < -0.4 is 11.1 Å². The van der Waals surface area contributed by atoms with E-state index in [1.165, 1.54) is 0 Å². The number of carbonyl (C=O) groups is 1. The Bertz CT molecular complexity index is 479. The van der Waals surface area contributed by atoms with Crippen molar-refractivity contribution < 1.29 is 13.6 Å². The van der Waals surface area contributed by atoms with Gasteiger partial charge in [-0.3, -0.25) is 4.79 Å². The number of amides is 1. The van der Waals surface area contributed by atoms with Gasteiger partial charge in [-0.2, -0.15) is 0 Å². The van der Waals surface area contributed by atoms with Crippen molar-refractivity contribution in [3.05, 3.63) is 29.3 Å². The molecular weight excluding hydrogens is 240 g/mol. The van der Waals surface area contributed by atoms with Crippen molar-refractivity contribution in [2.24, 2.45) is 0 Å². The van der Waals surface area contributed by atoms with Crippen molar-refractivity contribution in [2.45, 2.75) is 12.5 Å². The Balaban J connectivity index is 2.14. The van der Waals surface area contributed by atoms with Gasteiger partial charge in [0.1, 0.15) is 5.82 Å². The first kappa shape index (κ1) is 12.8. The third-order valence-electron chi connectivity index (χ3n) is 3.04. The van der Waals surface area contributed by atoms with E-state index >= 15 is 0 Å². The first-order chi connectivity index (χ1) is 8.47. The van der Waals surface area contributed by atoms with E-state index in [0.717, 1.165) is 25.1 Å². The normalized spacial score (nSPS) is 20.1. The predicted octanol–water partition coefficient (Wildman–Crippen LogP) is 0.981. The van der Waals surface area contributed by atoms with Crippen LogP contribution in [0.1, 0.15) is 16.8 Å². The van der Waals surface area contributed by atoms with Crippen molar-refractivity contribution >= 4 is 11.6 Å². The summed E-state index contributed by atoms with van der Waals surface area (Å²) in [7, 11) is 1.94. The first-order valence-corrected chi connectivity index (χ1v) is 5.71. The number of nitrogens with one attached hydrogen (secondary N) is 1. The molecule has 0 aromatic heterocycles. The summed E-state index contributed by atoms with van der Waals surface area (Å²) in [5, 5.41) is 2.68. The molecule has 1 amide bonds. The van der Waals surface area contributed by atoms with Crippen LogP contribution in [0.25, 0.3) is 0 Å². The van der Waals surface area contributed by atoms with E-state index in [1.807, 2.05) is 7.05 Å². The van der Waals surface area contributed by atoms with Crippen LogP contribution in [-0.4, -0.2) is 37.0 Å². The number of anilines is 1. The monoisotopic (exact) mass is 255 g/mol. The number of halogens is 2. The first-order valence-electron chi connectivity index (χ1n) is 5.71. The van der Waals surface area contributed by atoms with E-state index in [4.69, 9.17) is 5.73 Å². The summed E-state index contributed by atoms with van der Waals surface area (Å²) in [4.78, 5) is 13.9. The van der Waals surface area contributed by atoms with E-state index < -0.39 is 17.5 Å². The maximum Gasteiger partial charge on any atom is 0.254 e. The van der Waals surface area contributed by atoms with Crippen LogP contribution in [0.5, 0.6) is 0 Å². The summed E-state index contributed by atoms with van der Waals surface area (Å²) in [6.45, 7) is 1.58. The fraction of sp³-hybridized carbons (Fsp3) is 0.417. The van der Waals surface area contributed by atoms with Crippen LogP contribution in [0.15, 0.2) is 12.1 Å². The maximum atomic E-state index is 13.6. The second-order valence-corrected chi connectivity index (χ2v) is 4.58. The van der Waals surface area contributed by atoms with Gasteiger partial charge in [0.25, 0.3) is 5.91 Å². The molecule has 0 bridgehead atoms. The van der Waals surface area contributed by atoms with Gasteiger partial charge in [0.2, 0.25) is 0 Å². The molecule has 0 saturated carbocycles. The van der Waals surface area contributed by atoms with E-state index in [-0.39, 0.29) is 17.3 Å². The average molecular weight is 255 g/mol. The minimum atomic E-state index is -0.875. The molecular formula is C12H15F2N3O. The highest BCUT2D eigenvalue weighted by Gasteiger charge is 2.23. The van der Waals surface area contributed by atoms with Gasteiger partial charge < -0.3 is 16.0 Å². The zero-order chi connectivity index (χ0) is 13.3. The molecule has 0 spiro atoms. The molecule has 1 fully saturated rings. The van der Waals surface area contributed by atoms with Gasteiger partial charge in [0.05, 0.1) is 11.3 Å². The van der Waals surface area contributed by atoms with E-state index in [9.17, 15) is 13.6 Å². The summed E-state index contributed by atoms with van der Waals surface area (Å²) < 4.78 is 26.7. The quantitative estimate of drug-likeness (QED) is 0.774. The molecule has 1 atom stereocenters. The zero-order valence-electron chi connectivity index (χ0n) is 10.0. The van der Waals surface area contributed by atoms with Gasteiger partial charge in [-0.15, -0.1) is 0 Å². The fourth-order valence-electron chi connectivity index (χ4n) is 2.09. The highest BCUT2D eigenvalue weighted by Crippen LogP contribution is 2.18. The summed E-state index contributed by atoms with van der Waals surface area (Å²) in [6.07, 6.45) is 0.800. The van der Waals surface area contributed by atoms with Crippen LogP contribution in [0, 0.1) is 11.6 Å². The Morgan fingerprint density at radius 1 is 1.50 bits per heavy atom. The third-order valence-corrected chi connectivity index (χ3v) is 3.04. The molecule has 1 aliphatic heterocycles. The maximum absolute atomic E-state index is 13.6. The van der Waals surface area contributed by atoms with Gasteiger partial charge in [0, 0.05) is 12.6 Å². The number of likely N-dealkylation sites (N-methyl/N-ethyl adjacent to an activating group) is 1. The Hall–Kier alpha value is -1.69. The molecule has 3 N–H and O–H groups in total. The lowest BCUT2D eigenvalue weighted by molar-refractivity contribution is 0.0934. The van der Waals surface area contributed by atoms with Crippen LogP contribution in [0.4, 0.5) is 14.5 Å². The van der Waals surface area contributed by atoms with Gasteiger partial charge in [-0.1, -0.05) is 0 Å². The number of benzene rings is 1. The second-order valence-electron chi connectivity index (χ2n) is 4.58. The number of hydrogen-bond donors (Lipinski definition) is 2. The molecule has 1 saturated heterocycles. The Morgan fingerprint density at radius 2 is 2.22 bits per heavy atom. The van der Waals surface area contributed by atoms with Crippen molar-refractivity contribution in [1.29, 1.82) is 0 Å². The number of rotatable bonds is 2. The second kappa shape index (κ2) is 4.89. The van der Waals surface area contributed by atoms with Crippen LogP contribution >= 0.6 is 0 Å². The lowest BCUT2D eigenvalue weighted by Gasteiger charge is -2.13. The molecule has 0 aliphatic carbocycles. The molecule has 98 valence electrons. The Morgan fingerprint density at radius 3 is 2.83 bits per heavy atom. The minimum Gasteiger partial charge on any atom is -0.396 e. The Labute approximate surface area is 104 Å². The van der Waals surface area contributed by atoms with Crippen molar-refractivity contribution in [3.63, 3.8) is 0 Å². The van der Waals surface area contributed by atoms with Crippen molar-refractivity contribution in [2.75, 3.05) is 25.9 Å². The van der Waals surface area contributed by atoms with Crippen LogP contribution in [-0.2, 0) is 0 Å². The number of hydrogen-bond acceptors (Lipinski definition) is 3. The van der Waals surface area contributed by atoms with Gasteiger partial charge in [0.15, 0.2) is 5.82 Å². The lowest BCUT2D eigenvalue weighted by atomic mass is 10.1. The van der Waals surface area contributed by atoms with Gasteiger partial charge in [-0.25, -0.2) is 8.78 Å². The third kappa shape index (κ3) is 2.59. The molecule has 1 aromatic rings. The highest BCUT2D eigenvalue weighted by atomic mass is 19.1. The van der Waals surface area contributed by atoms with Crippen molar-refractivity contribution in [3.8, 4) is 0 Å². The molecule has 0 radical (unpaired) electrons. The van der Waals surface area contributed by atoms with E-state index in [1.54, 1.807) is 0 Å².